The van der Waals surface area contributed by atoms with Crippen molar-refractivity contribution in [3.63, 3.8) is 0 Å². The molecule has 0 aliphatic carbocycles. The lowest BCUT2D eigenvalue weighted by atomic mass is 10.2. The molecule has 11 heavy (non-hydrogen) atoms. The quantitative estimate of drug-likeness (QED) is 0.525. The van der Waals surface area contributed by atoms with Gasteiger partial charge >= 0.3 is 0 Å². The van der Waals surface area contributed by atoms with Gasteiger partial charge in [0, 0.05) is 0 Å². The van der Waals surface area contributed by atoms with Crippen molar-refractivity contribution in [1.82, 2.24) is 0 Å². The molecule has 0 saturated heterocycles. The monoisotopic (exact) mass is 171 g/mol. The third kappa shape index (κ3) is 1.46. The first-order chi connectivity index (χ1) is 4.55. The van der Waals surface area contributed by atoms with E-state index >= 15 is 0 Å². The molecule has 0 fully saturated rings. The Labute approximate surface area is 75.4 Å². The van der Waals surface area contributed by atoms with Crippen LogP contribution in [0.3, 0.4) is 0 Å². The highest BCUT2D eigenvalue weighted by Gasteiger charge is 1.96. The molecule has 0 N–H and O–H groups in total. The predicted molar refractivity (Wildman–Crippen MR) is 53.0 cm³/mol. The molecule has 1 rings (SSSR count). The fourth-order valence-electron chi connectivity index (χ4n) is 1.41. The smallest absolute Gasteiger partial charge is 0.0630 e. The molecule has 0 unspecified atom stereocenters. The zero-order valence-electron chi connectivity index (χ0n) is 7.91. The summed E-state index contributed by atoms with van der Waals surface area (Å²) < 4.78 is 0. The van der Waals surface area contributed by atoms with Crippen molar-refractivity contribution < 1.29 is 0 Å². The first-order valence-electron chi connectivity index (χ1n) is 3.75. The van der Waals surface area contributed by atoms with E-state index in [1.54, 1.807) is 0 Å². The van der Waals surface area contributed by atoms with Crippen LogP contribution in [-0.2, 0) is 0 Å². The second-order valence-corrected chi connectivity index (χ2v) is 3.12. The molecule has 64 valence electrons. The molecule has 0 bridgehead atoms. The second-order valence-electron chi connectivity index (χ2n) is 3.12. The number of hydrogen-bond donors (Lipinski definition) is 0. The van der Waals surface area contributed by atoms with Gasteiger partial charge in [-0.15, -0.1) is 12.4 Å². The van der Waals surface area contributed by atoms with E-state index in [-0.39, 0.29) is 12.4 Å². The Hall–Kier alpha value is -0.360. The summed E-state index contributed by atoms with van der Waals surface area (Å²) in [5, 5.41) is 0. The average Bonchev–Trinajstić information content (AvgIpc) is 2.07. The van der Waals surface area contributed by atoms with Gasteiger partial charge in [0.05, 0.1) is 0 Å². The maximum atomic E-state index is 2.20. The van der Waals surface area contributed by atoms with E-state index in [2.05, 4.69) is 34.6 Å². The van der Waals surface area contributed by atoms with Gasteiger partial charge in [0.25, 0.3) is 0 Å². The van der Waals surface area contributed by atoms with Gasteiger partial charge < -0.3 is 0 Å². The SMILES string of the molecule is Cc1c(C)c(C)[c-](C)c1C.Cl. The molecule has 0 aliphatic rings. The minimum absolute atomic E-state index is 0. The van der Waals surface area contributed by atoms with Gasteiger partial charge in [-0.25, -0.2) is 0 Å². The van der Waals surface area contributed by atoms with Gasteiger partial charge in [0.1, 0.15) is 0 Å². The van der Waals surface area contributed by atoms with Crippen LogP contribution >= 0.6 is 12.4 Å². The summed E-state index contributed by atoms with van der Waals surface area (Å²) in [4.78, 5) is 0. The highest BCUT2D eigenvalue weighted by Crippen LogP contribution is 2.24. The van der Waals surface area contributed by atoms with E-state index in [4.69, 9.17) is 0 Å². The molecule has 0 amide bonds. The molecular weight excluding hydrogens is 156 g/mol. The molecule has 0 spiro atoms. The third-order valence-corrected chi connectivity index (χ3v) is 2.81. The Morgan fingerprint density at radius 3 is 1.18 bits per heavy atom. The second kappa shape index (κ2) is 3.36. The molecule has 0 nitrogen and oxygen atoms in total. The van der Waals surface area contributed by atoms with Crippen LogP contribution in [0, 0.1) is 34.6 Å². The van der Waals surface area contributed by atoms with Crippen LogP contribution in [0.15, 0.2) is 0 Å². The molecular formula is C10H16Cl-. The summed E-state index contributed by atoms with van der Waals surface area (Å²) in [6.07, 6.45) is 0. The fraction of sp³-hybridized carbons (Fsp3) is 0.500. The predicted octanol–water partition coefficient (Wildman–Crippen LogP) is 3.37. The lowest BCUT2D eigenvalue weighted by molar-refractivity contribution is 1.32. The summed E-state index contributed by atoms with van der Waals surface area (Å²) in [5.74, 6) is 0. The van der Waals surface area contributed by atoms with Gasteiger partial charge in [-0.2, -0.15) is 27.8 Å². The van der Waals surface area contributed by atoms with Crippen LogP contribution in [-0.4, -0.2) is 0 Å². The van der Waals surface area contributed by atoms with Crippen LogP contribution in [0.25, 0.3) is 0 Å². The first kappa shape index (κ1) is 10.6. The topological polar surface area (TPSA) is 0 Å². The van der Waals surface area contributed by atoms with Crippen molar-refractivity contribution in [2.45, 2.75) is 34.6 Å². The lowest BCUT2D eigenvalue weighted by Crippen LogP contribution is -1.73. The normalized spacial score (nSPS) is 9.55. The van der Waals surface area contributed by atoms with E-state index < -0.39 is 0 Å². The molecule has 0 aliphatic heterocycles. The van der Waals surface area contributed by atoms with Gasteiger partial charge in [-0.05, 0) is 0 Å². The average molecular weight is 172 g/mol. The summed E-state index contributed by atoms with van der Waals surface area (Å²) in [6, 6.07) is 0. The van der Waals surface area contributed by atoms with Crippen molar-refractivity contribution in [1.29, 1.82) is 0 Å². The Bertz CT molecular complexity index is 176. The summed E-state index contributed by atoms with van der Waals surface area (Å²) in [7, 11) is 0. The number of hydrogen-bond acceptors (Lipinski definition) is 0. The van der Waals surface area contributed by atoms with Crippen molar-refractivity contribution in [2.24, 2.45) is 0 Å². The minimum atomic E-state index is 0. The molecule has 1 heteroatoms. The van der Waals surface area contributed by atoms with Crippen LogP contribution in [0.2, 0.25) is 0 Å². The maximum absolute atomic E-state index is 2.20. The molecule has 0 radical (unpaired) electrons. The highest BCUT2D eigenvalue weighted by molar-refractivity contribution is 5.85. The Balaban J connectivity index is 0.000001000. The Kier molecular flexibility index (Phi) is 3.25. The summed E-state index contributed by atoms with van der Waals surface area (Å²) in [6.45, 7) is 11.0. The Morgan fingerprint density at radius 1 is 0.818 bits per heavy atom. The van der Waals surface area contributed by atoms with E-state index in [0.717, 1.165) is 0 Å². The largest absolute Gasteiger partial charge is 0.196 e. The van der Waals surface area contributed by atoms with Gasteiger partial charge in [0.15, 0.2) is 0 Å². The standard InChI is InChI=1S/C10H15.ClH/c1-6-7(2)9(4)10(5)8(6)3;/h1-5H3;1H/q-1;. The van der Waals surface area contributed by atoms with E-state index in [1.165, 1.54) is 27.8 Å². The number of halogens is 1. The molecule has 0 saturated carbocycles. The highest BCUT2D eigenvalue weighted by atomic mass is 35.5. The van der Waals surface area contributed by atoms with E-state index in [9.17, 15) is 0 Å². The zero-order valence-corrected chi connectivity index (χ0v) is 8.72. The minimum Gasteiger partial charge on any atom is -0.196 e. The van der Waals surface area contributed by atoms with Gasteiger partial charge in [-0.1, -0.05) is 34.6 Å². The van der Waals surface area contributed by atoms with E-state index in [1.807, 2.05) is 0 Å². The van der Waals surface area contributed by atoms with Gasteiger partial charge in [-0.3, -0.25) is 0 Å². The summed E-state index contributed by atoms with van der Waals surface area (Å²) >= 11 is 0. The van der Waals surface area contributed by atoms with Crippen molar-refractivity contribution in [2.75, 3.05) is 0 Å². The van der Waals surface area contributed by atoms with Crippen LogP contribution in [0.1, 0.15) is 27.8 Å². The van der Waals surface area contributed by atoms with Gasteiger partial charge in [0.2, 0.25) is 0 Å². The first-order valence-corrected chi connectivity index (χ1v) is 3.75. The van der Waals surface area contributed by atoms with Crippen LogP contribution < -0.4 is 0 Å². The third-order valence-electron chi connectivity index (χ3n) is 2.81. The van der Waals surface area contributed by atoms with Crippen LogP contribution in [0.5, 0.6) is 0 Å². The zero-order chi connectivity index (χ0) is 7.89. The molecule has 0 heterocycles. The Morgan fingerprint density at radius 2 is 1.09 bits per heavy atom. The molecule has 0 aromatic heterocycles. The fourth-order valence-corrected chi connectivity index (χ4v) is 1.41. The van der Waals surface area contributed by atoms with Crippen molar-refractivity contribution >= 4 is 12.4 Å². The molecule has 1 aromatic carbocycles. The summed E-state index contributed by atoms with van der Waals surface area (Å²) in [5.41, 5.74) is 7.34. The maximum Gasteiger partial charge on any atom is -0.0630 e. The van der Waals surface area contributed by atoms with E-state index in [0.29, 0.717) is 0 Å². The van der Waals surface area contributed by atoms with Crippen molar-refractivity contribution in [3.05, 3.63) is 27.8 Å². The molecule has 1 aromatic rings. The number of rotatable bonds is 0. The van der Waals surface area contributed by atoms with Crippen LogP contribution in [0.4, 0.5) is 0 Å². The van der Waals surface area contributed by atoms with Crippen molar-refractivity contribution in [3.8, 4) is 0 Å². The lowest BCUT2D eigenvalue weighted by Gasteiger charge is -2.02. The molecule has 0 atom stereocenters.